The van der Waals surface area contributed by atoms with E-state index < -0.39 is 34.4 Å². The molecular weight excluding hydrogens is 542 g/mol. The predicted molar refractivity (Wildman–Crippen MR) is 150 cm³/mol. The molecule has 3 amide bonds. The van der Waals surface area contributed by atoms with Crippen LogP contribution >= 0.6 is 0 Å². The fourth-order valence-corrected chi connectivity index (χ4v) is 7.34. The number of hydrogen-bond acceptors (Lipinski definition) is 5. The van der Waals surface area contributed by atoms with Crippen LogP contribution in [-0.2, 0) is 37.4 Å². The zero-order valence-corrected chi connectivity index (χ0v) is 22.9. The number of hydrogen-bond donors (Lipinski definition) is 2. The molecule has 4 aliphatic rings. The zero-order chi connectivity index (χ0) is 29.1. The summed E-state index contributed by atoms with van der Waals surface area (Å²) in [5.74, 6) is -1.53. The number of rotatable bonds is 4. The highest BCUT2D eigenvalue weighted by atomic mass is 19.1. The van der Waals surface area contributed by atoms with E-state index in [2.05, 4.69) is 15.6 Å². The Morgan fingerprint density at radius 3 is 2.57 bits per heavy atom. The SMILES string of the molecule is O=C(CN1C(=O)C2(CCOCC2)CC[C@@H]1c1cc(F)cc(F)c1)Nc1ccc2c(c1)CC1(C2)C(=O)Nc2ncccc21. The van der Waals surface area contributed by atoms with Crippen molar-refractivity contribution in [2.45, 2.75) is 50.0 Å². The second-order valence-electron chi connectivity index (χ2n) is 11.9. The van der Waals surface area contributed by atoms with E-state index in [9.17, 15) is 23.2 Å². The van der Waals surface area contributed by atoms with Crippen LogP contribution in [0.3, 0.4) is 0 Å². The van der Waals surface area contributed by atoms with Gasteiger partial charge < -0.3 is 20.3 Å². The summed E-state index contributed by atoms with van der Waals surface area (Å²) in [5.41, 5.74) is 2.39. The number of halogens is 2. The van der Waals surface area contributed by atoms with Crippen molar-refractivity contribution in [1.82, 2.24) is 9.88 Å². The van der Waals surface area contributed by atoms with E-state index in [1.807, 2.05) is 24.3 Å². The number of nitrogens with one attached hydrogen (secondary N) is 2. The van der Waals surface area contributed by atoms with Crippen molar-refractivity contribution in [2.24, 2.45) is 5.41 Å². The lowest BCUT2D eigenvalue weighted by molar-refractivity contribution is -0.159. The first-order valence-electron chi connectivity index (χ1n) is 14.3. The van der Waals surface area contributed by atoms with E-state index in [-0.39, 0.29) is 18.4 Å². The van der Waals surface area contributed by atoms with Crippen molar-refractivity contribution in [2.75, 3.05) is 30.4 Å². The minimum Gasteiger partial charge on any atom is -0.381 e. The first-order chi connectivity index (χ1) is 20.3. The van der Waals surface area contributed by atoms with E-state index >= 15 is 0 Å². The number of likely N-dealkylation sites (tertiary alicyclic amines) is 1. The maximum Gasteiger partial charge on any atom is 0.244 e. The number of anilines is 2. The number of benzene rings is 2. The minimum absolute atomic E-state index is 0.0801. The van der Waals surface area contributed by atoms with Gasteiger partial charge in [0, 0.05) is 36.7 Å². The molecule has 2 spiro atoms. The van der Waals surface area contributed by atoms with Crippen molar-refractivity contribution in [3.8, 4) is 0 Å². The molecule has 0 radical (unpaired) electrons. The van der Waals surface area contributed by atoms with Crippen molar-refractivity contribution < 1.29 is 27.9 Å². The van der Waals surface area contributed by atoms with Crippen LogP contribution < -0.4 is 10.6 Å². The number of ether oxygens (including phenoxy) is 1. The summed E-state index contributed by atoms with van der Waals surface area (Å²) in [6, 6.07) is 12.0. The van der Waals surface area contributed by atoms with E-state index in [1.165, 1.54) is 17.0 Å². The molecule has 2 saturated heterocycles. The summed E-state index contributed by atoms with van der Waals surface area (Å²) in [7, 11) is 0. The third-order valence-corrected chi connectivity index (χ3v) is 9.48. The molecule has 42 heavy (non-hydrogen) atoms. The zero-order valence-electron chi connectivity index (χ0n) is 22.9. The van der Waals surface area contributed by atoms with Crippen LogP contribution in [0.1, 0.15) is 54.0 Å². The van der Waals surface area contributed by atoms with Crippen LogP contribution in [0.5, 0.6) is 0 Å². The highest BCUT2D eigenvalue weighted by Gasteiger charge is 2.51. The number of nitrogens with zero attached hydrogens (tertiary/aromatic N) is 2. The first kappa shape index (κ1) is 26.7. The Balaban J connectivity index is 1.12. The molecule has 2 atom stereocenters. The smallest absolute Gasteiger partial charge is 0.244 e. The van der Waals surface area contributed by atoms with Crippen LogP contribution in [0.15, 0.2) is 54.7 Å². The van der Waals surface area contributed by atoms with Crippen molar-refractivity contribution >= 4 is 29.2 Å². The lowest BCUT2D eigenvalue weighted by Gasteiger charge is -2.47. The topological polar surface area (TPSA) is 101 Å². The lowest BCUT2D eigenvalue weighted by atomic mass is 9.70. The maximum atomic E-state index is 14.2. The molecule has 2 fully saturated rings. The predicted octanol–water partition coefficient (Wildman–Crippen LogP) is 4.45. The van der Waals surface area contributed by atoms with Crippen LogP contribution in [0, 0.1) is 17.0 Å². The summed E-state index contributed by atoms with van der Waals surface area (Å²) < 4.78 is 33.8. The van der Waals surface area contributed by atoms with Gasteiger partial charge in [-0.3, -0.25) is 14.4 Å². The summed E-state index contributed by atoms with van der Waals surface area (Å²) in [5, 5.41) is 5.81. The minimum atomic E-state index is -0.724. The second kappa shape index (κ2) is 9.97. The van der Waals surface area contributed by atoms with Crippen molar-refractivity contribution in [3.63, 3.8) is 0 Å². The molecular formula is C32H30F2N4O4. The normalized spacial score (nSPS) is 24.0. The summed E-state index contributed by atoms with van der Waals surface area (Å²) in [6.45, 7) is 0.660. The summed E-state index contributed by atoms with van der Waals surface area (Å²) in [6.07, 6.45) is 4.83. The third kappa shape index (κ3) is 4.36. The average Bonchev–Trinajstić information content (AvgIpc) is 3.48. The molecule has 10 heteroatoms. The first-order valence-corrected chi connectivity index (χ1v) is 14.3. The molecule has 1 aromatic heterocycles. The number of pyridine rings is 1. The second-order valence-corrected chi connectivity index (χ2v) is 11.9. The third-order valence-electron chi connectivity index (χ3n) is 9.48. The Morgan fingerprint density at radius 2 is 1.79 bits per heavy atom. The van der Waals surface area contributed by atoms with Crippen molar-refractivity contribution in [3.05, 3.63) is 88.6 Å². The molecule has 3 aliphatic heterocycles. The maximum absolute atomic E-state index is 14.2. The molecule has 1 aliphatic carbocycles. The largest absolute Gasteiger partial charge is 0.381 e. The average molecular weight is 573 g/mol. The fourth-order valence-electron chi connectivity index (χ4n) is 7.34. The van der Waals surface area contributed by atoms with E-state index in [0.29, 0.717) is 68.8 Å². The van der Waals surface area contributed by atoms with Gasteiger partial charge in [0.25, 0.3) is 0 Å². The Morgan fingerprint density at radius 1 is 1.02 bits per heavy atom. The van der Waals surface area contributed by atoms with Gasteiger partial charge in [0.2, 0.25) is 17.7 Å². The number of piperidine rings is 1. The van der Waals surface area contributed by atoms with Gasteiger partial charge in [-0.1, -0.05) is 12.1 Å². The lowest BCUT2D eigenvalue weighted by Crippen LogP contribution is -2.54. The standard InChI is InChI=1S/C32H30F2N4O4/c33-22-12-20(13-23(34)15-22)26-5-6-31(7-10-42-11-8-31)30(41)38(26)18-27(39)36-24-4-3-19-16-32(17-21(19)14-24)25-2-1-9-35-28(25)37-29(32)40/h1-4,9,12-15,26H,5-8,10-11,16-18H2,(H,36,39)(H,35,37,40)/t26-,32?/m1/s1. The molecule has 1 unspecified atom stereocenters. The van der Waals surface area contributed by atoms with E-state index in [1.54, 1.807) is 12.3 Å². The van der Waals surface area contributed by atoms with Gasteiger partial charge in [-0.05, 0) is 85.5 Å². The highest BCUT2D eigenvalue weighted by Crippen LogP contribution is 2.48. The molecule has 8 nitrogen and oxygen atoms in total. The van der Waals surface area contributed by atoms with Crippen LogP contribution in [0.4, 0.5) is 20.3 Å². The van der Waals surface area contributed by atoms with Gasteiger partial charge in [-0.2, -0.15) is 0 Å². The Bertz CT molecular complexity index is 1600. The van der Waals surface area contributed by atoms with E-state index in [4.69, 9.17) is 4.74 Å². The fraction of sp³-hybridized carbons (Fsp3) is 0.375. The van der Waals surface area contributed by atoms with Gasteiger partial charge in [-0.15, -0.1) is 0 Å². The number of carbonyl (C=O) groups is 3. The van der Waals surface area contributed by atoms with Gasteiger partial charge in [-0.25, -0.2) is 13.8 Å². The van der Waals surface area contributed by atoms with Gasteiger partial charge in [0.15, 0.2) is 0 Å². The quantitative estimate of drug-likeness (QED) is 0.481. The molecule has 216 valence electrons. The number of carbonyl (C=O) groups excluding carboxylic acids is 3. The van der Waals surface area contributed by atoms with Crippen LogP contribution in [0.25, 0.3) is 0 Å². The number of fused-ring (bicyclic) bond motifs is 3. The van der Waals surface area contributed by atoms with Gasteiger partial charge in [0.1, 0.15) is 24.0 Å². The Kier molecular flexibility index (Phi) is 6.34. The van der Waals surface area contributed by atoms with Crippen LogP contribution in [0.2, 0.25) is 0 Å². The van der Waals surface area contributed by atoms with Crippen LogP contribution in [-0.4, -0.2) is 47.4 Å². The monoisotopic (exact) mass is 572 g/mol. The molecule has 0 bridgehead atoms. The van der Waals surface area contributed by atoms with Gasteiger partial charge in [0.05, 0.1) is 16.9 Å². The molecule has 2 aromatic carbocycles. The highest BCUT2D eigenvalue weighted by molar-refractivity contribution is 6.06. The molecule has 0 saturated carbocycles. The number of aromatic nitrogens is 1. The molecule has 2 N–H and O–H groups in total. The molecule has 4 heterocycles. The summed E-state index contributed by atoms with van der Waals surface area (Å²) in [4.78, 5) is 46.2. The summed E-state index contributed by atoms with van der Waals surface area (Å²) >= 11 is 0. The Hall–Kier alpha value is -4.18. The number of amides is 3. The molecule has 3 aromatic rings. The molecule has 7 rings (SSSR count). The Labute approximate surface area is 241 Å². The van der Waals surface area contributed by atoms with E-state index in [0.717, 1.165) is 22.8 Å². The van der Waals surface area contributed by atoms with Gasteiger partial charge >= 0.3 is 0 Å². The van der Waals surface area contributed by atoms with Crippen molar-refractivity contribution in [1.29, 1.82) is 0 Å².